The third-order valence-electron chi connectivity index (χ3n) is 6.74. The Bertz CT molecular complexity index is 1910. The first-order chi connectivity index (χ1) is 20.7. The molecule has 1 aliphatic heterocycles. The quantitative estimate of drug-likeness (QED) is 0.139. The van der Waals surface area contributed by atoms with Crippen LogP contribution in [0.5, 0.6) is 11.5 Å². The van der Waals surface area contributed by atoms with Crippen LogP contribution in [0.25, 0.3) is 6.08 Å². The highest BCUT2D eigenvalue weighted by atomic mass is 79.9. The van der Waals surface area contributed by atoms with E-state index in [1.807, 2.05) is 24.3 Å². The number of carbonyl (C=O) groups is 1. The SMILES string of the molecule is CCOC(=O)C1=C(C)N=c2s/c(=C\c3ccc(OCc4ccc([N+](=O)[O-])cc4)c(Br)c3)c(=O)n2[C@@H]1c1ccc(OC)cc1. The molecule has 4 aromatic rings. The van der Waals surface area contributed by atoms with E-state index in [1.54, 1.807) is 57.4 Å². The molecule has 0 bridgehead atoms. The van der Waals surface area contributed by atoms with Gasteiger partial charge >= 0.3 is 5.97 Å². The lowest BCUT2D eigenvalue weighted by molar-refractivity contribution is -0.384. The summed E-state index contributed by atoms with van der Waals surface area (Å²) >= 11 is 4.77. The van der Waals surface area contributed by atoms with Crippen LogP contribution in [0.2, 0.25) is 0 Å². The van der Waals surface area contributed by atoms with Crippen LogP contribution in [-0.2, 0) is 16.1 Å². The van der Waals surface area contributed by atoms with Gasteiger partial charge in [0.15, 0.2) is 4.80 Å². The predicted octanol–water partition coefficient (Wildman–Crippen LogP) is 5.06. The zero-order valence-electron chi connectivity index (χ0n) is 23.4. The third kappa shape index (κ3) is 6.30. The van der Waals surface area contributed by atoms with Crippen LogP contribution in [0.3, 0.4) is 0 Å². The van der Waals surface area contributed by atoms with Gasteiger partial charge in [-0.15, -0.1) is 0 Å². The minimum absolute atomic E-state index is 0.0159. The van der Waals surface area contributed by atoms with Gasteiger partial charge < -0.3 is 14.2 Å². The maximum absolute atomic E-state index is 13.8. The van der Waals surface area contributed by atoms with Crippen molar-refractivity contribution in [1.82, 2.24) is 4.57 Å². The number of allylic oxidation sites excluding steroid dienone is 1. The Hall–Kier alpha value is -4.55. The molecule has 0 N–H and O–H groups in total. The van der Waals surface area contributed by atoms with Crippen LogP contribution in [0.15, 0.2) is 92.3 Å². The summed E-state index contributed by atoms with van der Waals surface area (Å²) in [6.45, 7) is 3.89. The van der Waals surface area contributed by atoms with Crippen molar-refractivity contribution in [2.75, 3.05) is 13.7 Å². The number of hydrogen-bond acceptors (Lipinski definition) is 9. The number of aromatic nitrogens is 1. The van der Waals surface area contributed by atoms with Gasteiger partial charge in [0.2, 0.25) is 0 Å². The molecule has 43 heavy (non-hydrogen) atoms. The third-order valence-corrected chi connectivity index (χ3v) is 8.35. The fraction of sp³-hybridized carbons (Fsp3) is 0.194. The summed E-state index contributed by atoms with van der Waals surface area (Å²) in [4.78, 5) is 42.4. The molecule has 0 radical (unpaired) electrons. The van der Waals surface area contributed by atoms with E-state index >= 15 is 0 Å². The first-order valence-electron chi connectivity index (χ1n) is 13.2. The van der Waals surface area contributed by atoms with Gasteiger partial charge in [0.25, 0.3) is 11.2 Å². The average Bonchev–Trinajstić information content (AvgIpc) is 3.30. The number of halogens is 1. The molecule has 1 aliphatic rings. The number of nitro benzene ring substituents is 1. The predicted molar refractivity (Wildman–Crippen MR) is 165 cm³/mol. The fourth-order valence-corrected chi connectivity index (χ4v) is 6.20. The Labute approximate surface area is 258 Å². The number of benzene rings is 3. The van der Waals surface area contributed by atoms with Crippen molar-refractivity contribution in [2.24, 2.45) is 4.99 Å². The van der Waals surface area contributed by atoms with Crippen molar-refractivity contribution in [2.45, 2.75) is 26.5 Å². The van der Waals surface area contributed by atoms with E-state index in [2.05, 4.69) is 20.9 Å². The maximum Gasteiger partial charge on any atom is 0.338 e. The minimum Gasteiger partial charge on any atom is -0.497 e. The molecule has 2 heterocycles. The summed E-state index contributed by atoms with van der Waals surface area (Å²) < 4.78 is 19.2. The summed E-state index contributed by atoms with van der Waals surface area (Å²) in [7, 11) is 1.57. The number of nitro groups is 1. The fourth-order valence-electron chi connectivity index (χ4n) is 4.64. The molecule has 0 amide bonds. The van der Waals surface area contributed by atoms with Gasteiger partial charge in [-0.2, -0.15) is 0 Å². The van der Waals surface area contributed by atoms with Crippen molar-refractivity contribution in [3.8, 4) is 11.5 Å². The van der Waals surface area contributed by atoms with Gasteiger partial charge in [-0.3, -0.25) is 19.5 Å². The van der Waals surface area contributed by atoms with E-state index in [9.17, 15) is 19.7 Å². The molecule has 0 spiro atoms. The topological polar surface area (TPSA) is 122 Å². The normalized spacial score (nSPS) is 14.6. The van der Waals surface area contributed by atoms with Crippen molar-refractivity contribution >= 4 is 45.0 Å². The van der Waals surface area contributed by atoms with Crippen LogP contribution < -0.4 is 24.4 Å². The van der Waals surface area contributed by atoms with Crippen LogP contribution in [0.1, 0.15) is 36.6 Å². The van der Waals surface area contributed by atoms with Gasteiger partial charge in [-0.1, -0.05) is 29.5 Å². The molecule has 1 aromatic heterocycles. The molecular formula is C31H26BrN3O7S. The highest BCUT2D eigenvalue weighted by Gasteiger charge is 2.33. The summed E-state index contributed by atoms with van der Waals surface area (Å²) in [6, 6.07) is 18.1. The van der Waals surface area contributed by atoms with Crippen molar-refractivity contribution in [3.63, 3.8) is 0 Å². The number of rotatable bonds is 9. The van der Waals surface area contributed by atoms with Gasteiger partial charge in [0.1, 0.15) is 18.1 Å². The highest BCUT2D eigenvalue weighted by molar-refractivity contribution is 9.10. The molecule has 0 aliphatic carbocycles. The lowest BCUT2D eigenvalue weighted by Gasteiger charge is -2.24. The first kappa shape index (κ1) is 29.9. The maximum atomic E-state index is 13.8. The van der Waals surface area contributed by atoms with Crippen molar-refractivity contribution in [1.29, 1.82) is 0 Å². The molecule has 0 saturated carbocycles. The molecule has 0 saturated heterocycles. The molecule has 3 aromatic carbocycles. The number of hydrogen-bond donors (Lipinski definition) is 0. The smallest absolute Gasteiger partial charge is 0.338 e. The Kier molecular flexibility index (Phi) is 8.88. The Morgan fingerprint density at radius 3 is 2.49 bits per heavy atom. The molecule has 0 fully saturated rings. The summed E-state index contributed by atoms with van der Waals surface area (Å²) in [5, 5.41) is 10.9. The summed E-state index contributed by atoms with van der Waals surface area (Å²) in [6.07, 6.45) is 1.77. The number of thiazole rings is 1. The standard InChI is InChI=1S/C31H26BrN3O7S/c1-4-41-30(37)27-18(2)33-31-34(28(27)21-8-12-23(40-3)13-9-21)29(36)26(43-31)16-20-7-14-25(24(32)15-20)42-17-19-5-10-22(11-6-19)35(38)39/h5-16,28H,4,17H2,1-3H3/b26-16-/t28-/m1/s1. The second-order valence-electron chi connectivity index (χ2n) is 9.48. The van der Waals surface area contributed by atoms with Crippen LogP contribution in [0.4, 0.5) is 5.69 Å². The molecule has 12 heteroatoms. The van der Waals surface area contributed by atoms with E-state index in [0.29, 0.717) is 36.6 Å². The van der Waals surface area contributed by atoms with E-state index in [1.165, 1.54) is 28.0 Å². The Morgan fingerprint density at radius 2 is 1.86 bits per heavy atom. The molecule has 5 rings (SSSR count). The zero-order chi connectivity index (χ0) is 30.7. The monoisotopic (exact) mass is 663 g/mol. The minimum atomic E-state index is -0.717. The number of methoxy groups -OCH3 is 1. The number of ether oxygens (including phenoxy) is 3. The number of fused-ring (bicyclic) bond motifs is 1. The number of nitrogens with zero attached hydrogens (tertiary/aromatic N) is 3. The van der Waals surface area contributed by atoms with E-state index in [4.69, 9.17) is 14.2 Å². The van der Waals surface area contributed by atoms with Crippen LogP contribution in [0, 0.1) is 10.1 Å². The van der Waals surface area contributed by atoms with Gasteiger partial charge in [0.05, 0.1) is 45.0 Å². The zero-order valence-corrected chi connectivity index (χ0v) is 25.8. The second-order valence-corrected chi connectivity index (χ2v) is 11.3. The first-order valence-corrected chi connectivity index (χ1v) is 14.8. The van der Waals surface area contributed by atoms with Gasteiger partial charge in [-0.25, -0.2) is 9.79 Å². The lowest BCUT2D eigenvalue weighted by atomic mass is 9.96. The van der Waals surface area contributed by atoms with Crippen LogP contribution >= 0.6 is 27.3 Å². The van der Waals surface area contributed by atoms with Crippen LogP contribution in [-0.4, -0.2) is 29.2 Å². The van der Waals surface area contributed by atoms with Gasteiger partial charge in [0, 0.05) is 12.1 Å². The van der Waals surface area contributed by atoms with E-state index in [0.717, 1.165) is 16.7 Å². The average molecular weight is 665 g/mol. The summed E-state index contributed by atoms with van der Waals surface area (Å²) in [5.41, 5.74) is 2.79. The van der Waals surface area contributed by atoms with E-state index in [-0.39, 0.29) is 24.5 Å². The Morgan fingerprint density at radius 1 is 1.14 bits per heavy atom. The largest absolute Gasteiger partial charge is 0.497 e. The summed E-state index contributed by atoms with van der Waals surface area (Å²) in [5.74, 6) is 0.707. The van der Waals surface area contributed by atoms with Crippen molar-refractivity contribution in [3.05, 3.63) is 129 Å². The van der Waals surface area contributed by atoms with Crippen molar-refractivity contribution < 1.29 is 23.9 Å². The molecular weight excluding hydrogens is 638 g/mol. The van der Waals surface area contributed by atoms with Gasteiger partial charge in [-0.05, 0) is 88.9 Å². The van der Waals surface area contributed by atoms with E-state index < -0.39 is 16.9 Å². The lowest BCUT2D eigenvalue weighted by Crippen LogP contribution is -2.39. The second kappa shape index (κ2) is 12.8. The number of carbonyl (C=O) groups excluding carboxylic acids is 1. The number of non-ortho nitro benzene ring substituents is 1. The molecule has 1 atom stereocenters. The molecule has 0 unspecified atom stereocenters. The number of esters is 1. The molecule has 220 valence electrons. The Balaban J connectivity index is 1.48. The molecule has 10 nitrogen and oxygen atoms in total. The highest BCUT2D eigenvalue weighted by Crippen LogP contribution is 2.32.